The van der Waals surface area contributed by atoms with Crippen molar-refractivity contribution in [2.75, 3.05) is 50.1 Å². The predicted molar refractivity (Wildman–Crippen MR) is 77.5 cm³/mol. The van der Waals surface area contributed by atoms with E-state index in [0.29, 0.717) is 6.54 Å². The standard InChI is InChI=1S/C11H17N5O3S/c1-19-11-9(16(17)18)10(13-8-14-11)12-2-3-15-4-6-20-7-5-15/h8H,2-7H2,1H3,(H,12,13,14). The first-order valence-corrected chi connectivity index (χ1v) is 7.45. The van der Waals surface area contributed by atoms with Gasteiger partial charge in [0.2, 0.25) is 5.82 Å². The van der Waals surface area contributed by atoms with Crippen LogP contribution in [0.3, 0.4) is 0 Å². The van der Waals surface area contributed by atoms with Crippen molar-refractivity contribution in [1.82, 2.24) is 14.9 Å². The van der Waals surface area contributed by atoms with E-state index >= 15 is 0 Å². The minimum atomic E-state index is -0.529. The SMILES string of the molecule is COc1ncnc(NCCN2CCSCC2)c1[N+](=O)[O-]. The number of methoxy groups -OCH3 is 1. The number of hydrogen-bond acceptors (Lipinski definition) is 8. The van der Waals surface area contributed by atoms with Gasteiger partial charge in [-0.3, -0.25) is 15.0 Å². The summed E-state index contributed by atoms with van der Waals surface area (Å²) in [6.45, 7) is 3.55. The number of hydrogen-bond donors (Lipinski definition) is 1. The second-order valence-electron chi connectivity index (χ2n) is 4.22. The van der Waals surface area contributed by atoms with Gasteiger partial charge in [-0.25, -0.2) is 4.98 Å². The van der Waals surface area contributed by atoms with Crippen LogP contribution in [0.25, 0.3) is 0 Å². The van der Waals surface area contributed by atoms with E-state index in [1.165, 1.54) is 13.4 Å². The van der Waals surface area contributed by atoms with Crippen molar-refractivity contribution < 1.29 is 9.66 Å². The van der Waals surface area contributed by atoms with Crippen LogP contribution in [0.1, 0.15) is 0 Å². The summed E-state index contributed by atoms with van der Waals surface area (Å²) >= 11 is 1.95. The van der Waals surface area contributed by atoms with Gasteiger partial charge in [-0.2, -0.15) is 16.7 Å². The van der Waals surface area contributed by atoms with Crippen LogP contribution in [0.15, 0.2) is 6.33 Å². The molecule has 0 unspecified atom stereocenters. The topological polar surface area (TPSA) is 93.4 Å². The third-order valence-corrected chi connectivity index (χ3v) is 3.93. The summed E-state index contributed by atoms with van der Waals surface area (Å²) in [5.74, 6) is 2.46. The Morgan fingerprint density at radius 3 is 2.90 bits per heavy atom. The molecule has 20 heavy (non-hydrogen) atoms. The van der Waals surface area contributed by atoms with Crippen molar-refractivity contribution >= 4 is 23.3 Å². The molecule has 9 heteroatoms. The highest BCUT2D eigenvalue weighted by Gasteiger charge is 2.23. The van der Waals surface area contributed by atoms with Crippen molar-refractivity contribution in [3.8, 4) is 5.88 Å². The first kappa shape index (κ1) is 14.8. The minimum absolute atomic E-state index is 0.0260. The van der Waals surface area contributed by atoms with Crippen molar-refractivity contribution in [1.29, 1.82) is 0 Å². The minimum Gasteiger partial charge on any atom is -0.476 e. The maximum Gasteiger partial charge on any atom is 0.372 e. The molecule has 110 valence electrons. The van der Waals surface area contributed by atoms with Gasteiger partial charge in [0.25, 0.3) is 5.88 Å². The van der Waals surface area contributed by atoms with Crippen molar-refractivity contribution in [3.05, 3.63) is 16.4 Å². The van der Waals surface area contributed by atoms with Gasteiger partial charge in [0.05, 0.1) is 12.0 Å². The molecule has 0 aromatic carbocycles. The summed E-state index contributed by atoms with van der Waals surface area (Å²) in [7, 11) is 1.35. The molecule has 0 atom stereocenters. The lowest BCUT2D eigenvalue weighted by molar-refractivity contribution is -0.385. The first-order valence-electron chi connectivity index (χ1n) is 6.29. The average Bonchev–Trinajstić information content (AvgIpc) is 2.47. The summed E-state index contributed by atoms with van der Waals surface area (Å²) in [5, 5.41) is 14.1. The third kappa shape index (κ3) is 3.70. The molecule has 1 saturated heterocycles. The third-order valence-electron chi connectivity index (χ3n) is 2.99. The van der Waals surface area contributed by atoms with E-state index in [4.69, 9.17) is 4.74 Å². The molecule has 0 radical (unpaired) electrons. The van der Waals surface area contributed by atoms with Crippen LogP contribution in [0.4, 0.5) is 11.5 Å². The Morgan fingerprint density at radius 2 is 2.25 bits per heavy atom. The number of nitrogens with one attached hydrogen (secondary N) is 1. The van der Waals surface area contributed by atoms with Crippen LogP contribution in [0.2, 0.25) is 0 Å². The Bertz CT molecular complexity index is 467. The fourth-order valence-corrected chi connectivity index (χ4v) is 2.94. The highest BCUT2D eigenvalue weighted by molar-refractivity contribution is 7.99. The van der Waals surface area contributed by atoms with E-state index in [2.05, 4.69) is 20.2 Å². The lowest BCUT2D eigenvalue weighted by atomic mass is 10.4. The Kier molecular flexibility index (Phi) is 5.36. The van der Waals surface area contributed by atoms with Crippen LogP contribution in [0, 0.1) is 10.1 Å². The fraction of sp³-hybridized carbons (Fsp3) is 0.636. The highest BCUT2D eigenvalue weighted by Crippen LogP contribution is 2.30. The van der Waals surface area contributed by atoms with E-state index in [1.54, 1.807) is 0 Å². The lowest BCUT2D eigenvalue weighted by Crippen LogP contribution is -2.36. The molecule has 8 nitrogen and oxygen atoms in total. The number of nitrogens with zero attached hydrogens (tertiary/aromatic N) is 4. The zero-order valence-electron chi connectivity index (χ0n) is 11.2. The summed E-state index contributed by atoms with van der Waals surface area (Å²) in [4.78, 5) is 20.5. The van der Waals surface area contributed by atoms with Crippen molar-refractivity contribution in [3.63, 3.8) is 0 Å². The molecule has 1 N–H and O–H groups in total. The quantitative estimate of drug-likeness (QED) is 0.610. The largest absolute Gasteiger partial charge is 0.476 e. The molecule has 0 aliphatic carbocycles. The molecular weight excluding hydrogens is 282 g/mol. The molecule has 1 aromatic rings. The van der Waals surface area contributed by atoms with Gasteiger partial charge >= 0.3 is 5.69 Å². The number of rotatable bonds is 6. The number of nitro groups is 1. The second kappa shape index (κ2) is 7.25. The van der Waals surface area contributed by atoms with Crippen molar-refractivity contribution in [2.24, 2.45) is 0 Å². The van der Waals surface area contributed by atoms with Crippen LogP contribution < -0.4 is 10.1 Å². The molecular formula is C11H17N5O3S. The summed E-state index contributed by atoms with van der Waals surface area (Å²) < 4.78 is 4.90. The molecule has 2 rings (SSSR count). The number of anilines is 1. The van der Waals surface area contributed by atoms with Gasteiger partial charge in [-0.05, 0) is 0 Å². The predicted octanol–water partition coefficient (Wildman–Crippen LogP) is 0.854. The molecule has 0 amide bonds. The van der Waals surface area contributed by atoms with E-state index < -0.39 is 4.92 Å². The normalized spacial score (nSPS) is 15.8. The zero-order valence-corrected chi connectivity index (χ0v) is 12.1. The maximum atomic E-state index is 11.1. The van der Waals surface area contributed by atoms with Crippen LogP contribution in [-0.4, -0.2) is 64.6 Å². The summed E-state index contributed by atoms with van der Waals surface area (Å²) in [6, 6.07) is 0. The van der Waals surface area contributed by atoms with Crippen LogP contribution in [0.5, 0.6) is 5.88 Å². The molecule has 1 aromatic heterocycles. The van der Waals surface area contributed by atoms with Gasteiger partial charge in [-0.1, -0.05) is 0 Å². The van der Waals surface area contributed by atoms with E-state index in [1.807, 2.05) is 11.8 Å². The number of thioether (sulfide) groups is 1. The van der Waals surface area contributed by atoms with Gasteiger partial charge in [0.1, 0.15) is 6.33 Å². The number of ether oxygens (including phenoxy) is 1. The zero-order chi connectivity index (χ0) is 14.4. The van der Waals surface area contributed by atoms with E-state index in [-0.39, 0.29) is 17.4 Å². The summed E-state index contributed by atoms with van der Waals surface area (Å²) in [6.07, 6.45) is 1.26. The molecule has 0 bridgehead atoms. The van der Waals surface area contributed by atoms with Gasteiger partial charge in [0.15, 0.2) is 0 Å². The lowest BCUT2D eigenvalue weighted by Gasteiger charge is -2.26. The van der Waals surface area contributed by atoms with Gasteiger partial charge < -0.3 is 10.1 Å². The molecule has 0 spiro atoms. The Labute approximate surface area is 121 Å². The molecule has 1 aliphatic heterocycles. The van der Waals surface area contributed by atoms with Crippen molar-refractivity contribution in [2.45, 2.75) is 0 Å². The first-order chi connectivity index (χ1) is 9.72. The molecule has 0 saturated carbocycles. The van der Waals surface area contributed by atoms with Gasteiger partial charge in [-0.15, -0.1) is 0 Å². The van der Waals surface area contributed by atoms with Crippen LogP contribution in [-0.2, 0) is 0 Å². The van der Waals surface area contributed by atoms with E-state index in [0.717, 1.165) is 31.1 Å². The van der Waals surface area contributed by atoms with Gasteiger partial charge in [0, 0.05) is 37.7 Å². The fourth-order valence-electron chi connectivity index (χ4n) is 1.96. The molecule has 2 heterocycles. The van der Waals surface area contributed by atoms with E-state index in [9.17, 15) is 10.1 Å². The monoisotopic (exact) mass is 299 g/mol. The molecule has 1 fully saturated rings. The second-order valence-corrected chi connectivity index (χ2v) is 5.44. The Hall–Kier alpha value is -1.61. The Morgan fingerprint density at radius 1 is 1.50 bits per heavy atom. The molecule has 1 aliphatic rings. The average molecular weight is 299 g/mol. The Balaban J connectivity index is 1.96. The summed E-state index contributed by atoms with van der Waals surface area (Å²) in [5.41, 5.74) is -0.218. The highest BCUT2D eigenvalue weighted by atomic mass is 32.2. The number of aromatic nitrogens is 2. The maximum absolute atomic E-state index is 11.1. The van der Waals surface area contributed by atoms with Crippen LogP contribution >= 0.6 is 11.8 Å². The smallest absolute Gasteiger partial charge is 0.372 e.